The number of anilines is 1. The van der Waals surface area contributed by atoms with Crippen molar-refractivity contribution >= 4 is 39.9 Å². The van der Waals surface area contributed by atoms with Gasteiger partial charge in [0.2, 0.25) is 0 Å². The third-order valence-corrected chi connectivity index (χ3v) is 8.92. The first-order valence-electron chi connectivity index (χ1n) is 12.1. The molecule has 2 aromatic heterocycles. The Morgan fingerprint density at radius 3 is 2.54 bits per heavy atom. The Morgan fingerprint density at radius 1 is 1.03 bits per heavy atom. The number of pyridine rings is 2. The van der Waals surface area contributed by atoms with Crippen LogP contribution in [0.2, 0.25) is 10.0 Å². The van der Waals surface area contributed by atoms with E-state index in [2.05, 4.69) is 29.3 Å². The number of piperidine rings is 1. The summed E-state index contributed by atoms with van der Waals surface area (Å²) in [6.45, 7) is 4.48. The average Bonchev–Trinajstić information content (AvgIpc) is 3.39. The Balaban J connectivity index is 1.47. The number of hydrogen-bond acceptors (Lipinski definition) is 4. The number of benzene rings is 2. The topological polar surface area (TPSA) is 50.2 Å². The number of aromatic nitrogens is 2. The second-order valence-corrected chi connectivity index (χ2v) is 10.7. The number of fused-ring (bicyclic) bond motifs is 1. The van der Waals surface area contributed by atoms with E-state index in [1.807, 2.05) is 24.3 Å². The largest absolute Gasteiger partial charge is 0.365 e. The summed E-state index contributed by atoms with van der Waals surface area (Å²) in [6, 6.07) is 19.3. The van der Waals surface area contributed by atoms with Gasteiger partial charge in [0.25, 0.3) is 5.56 Å². The summed E-state index contributed by atoms with van der Waals surface area (Å²) in [6.07, 6.45) is 2.48. The normalized spacial score (nSPS) is 24.7. The lowest BCUT2D eigenvalue weighted by Crippen LogP contribution is -2.51. The molecule has 2 saturated heterocycles. The second-order valence-electron chi connectivity index (χ2n) is 9.93. The molecule has 1 spiro atoms. The fourth-order valence-electron chi connectivity index (χ4n) is 6.51. The Hall–Kier alpha value is -2.86. The summed E-state index contributed by atoms with van der Waals surface area (Å²) < 4.78 is 1.62. The summed E-state index contributed by atoms with van der Waals surface area (Å²) in [5.74, 6) is 1.45. The average molecular weight is 503 g/mol. The lowest BCUT2D eigenvalue weighted by molar-refractivity contribution is 0.0932. The van der Waals surface area contributed by atoms with E-state index in [1.165, 1.54) is 25.9 Å². The summed E-state index contributed by atoms with van der Waals surface area (Å²) >= 11 is 13.2. The lowest BCUT2D eigenvalue weighted by atomic mass is 10.0. The molecule has 7 heteroatoms. The van der Waals surface area contributed by atoms with Crippen LogP contribution in [-0.2, 0) is 0 Å². The van der Waals surface area contributed by atoms with Crippen LogP contribution >= 0.6 is 23.2 Å². The standard InChI is InChI=1S/C28H24Cl2N4O/c1-16-5-2-3-6-17(16)25-18-9-10-24(35)34(26-20(29)7-4-8-21(26)30)22(18)15-23(31-25)32-27-19-11-13-33-14-12-28(19,27)33/h2-10,15,19,27H,11-14H2,1H3,(H,31,32). The van der Waals surface area contributed by atoms with Gasteiger partial charge in [-0.05, 0) is 50.1 Å². The molecule has 0 bridgehead atoms. The highest BCUT2D eigenvalue weighted by Gasteiger charge is 2.74. The molecule has 1 N–H and O–H groups in total. The zero-order valence-corrected chi connectivity index (χ0v) is 20.8. The van der Waals surface area contributed by atoms with Crippen molar-refractivity contribution in [3.8, 4) is 16.9 Å². The van der Waals surface area contributed by atoms with Gasteiger partial charge in [0.15, 0.2) is 0 Å². The van der Waals surface area contributed by atoms with E-state index in [0.717, 1.165) is 33.5 Å². The van der Waals surface area contributed by atoms with Crippen LogP contribution in [0.5, 0.6) is 0 Å². The maximum Gasteiger partial charge on any atom is 0.255 e. The molecule has 7 rings (SSSR count). The monoisotopic (exact) mass is 502 g/mol. The molecule has 1 saturated carbocycles. The summed E-state index contributed by atoms with van der Waals surface area (Å²) in [5.41, 5.74) is 4.35. The predicted molar refractivity (Wildman–Crippen MR) is 142 cm³/mol. The van der Waals surface area contributed by atoms with Gasteiger partial charge in [0, 0.05) is 41.1 Å². The molecule has 1 aliphatic carbocycles. The molecule has 2 aliphatic heterocycles. The van der Waals surface area contributed by atoms with Crippen LogP contribution in [0.1, 0.15) is 18.4 Å². The highest BCUT2D eigenvalue weighted by atomic mass is 35.5. The quantitative estimate of drug-likeness (QED) is 0.375. The van der Waals surface area contributed by atoms with E-state index < -0.39 is 0 Å². The van der Waals surface area contributed by atoms with Crippen LogP contribution in [-0.4, -0.2) is 39.1 Å². The van der Waals surface area contributed by atoms with Crippen LogP contribution in [0.3, 0.4) is 0 Å². The molecule has 0 radical (unpaired) electrons. The van der Waals surface area contributed by atoms with Crippen LogP contribution in [0, 0.1) is 12.8 Å². The first-order chi connectivity index (χ1) is 17.0. The Kier molecular flexibility index (Phi) is 4.63. The van der Waals surface area contributed by atoms with Crippen LogP contribution in [0.25, 0.3) is 27.8 Å². The van der Waals surface area contributed by atoms with Crippen LogP contribution < -0.4 is 10.9 Å². The number of halogens is 2. The number of aryl methyl sites for hydroxylation is 1. The number of nitrogens with one attached hydrogen (secondary N) is 1. The molecule has 3 fully saturated rings. The molecule has 4 aromatic rings. The second kappa shape index (κ2) is 7.57. The minimum atomic E-state index is -0.188. The molecule has 4 heterocycles. The van der Waals surface area contributed by atoms with Gasteiger partial charge in [-0.3, -0.25) is 14.3 Å². The van der Waals surface area contributed by atoms with Crippen molar-refractivity contribution in [1.29, 1.82) is 0 Å². The maximum absolute atomic E-state index is 13.3. The minimum absolute atomic E-state index is 0.188. The van der Waals surface area contributed by atoms with Crippen molar-refractivity contribution in [1.82, 2.24) is 14.5 Å². The molecule has 35 heavy (non-hydrogen) atoms. The van der Waals surface area contributed by atoms with Crippen molar-refractivity contribution in [2.45, 2.75) is 31.3 Å². The van der Waals surface area contributed by atoms with Gasteiger partial charge in [-0.25, -0.2) is 4.98 Å². The summed E-state index contributed by atoms with van der Waals surface area (Å²) in [7, 11) is 0. The van der Waals surface area contributed by atoms with Crippen molar-refractivity contribution in [3.63, 3.8) is 0 Å². The zero-order chi connectivity index (χ0) is 23.9. The molecule has 2 aromatic carbocycles. The molecular formula is C28H24Cl2N4O. The number of hydrogen-bond donors (Lipinski definition) is 1. The molecule has 3 unspecified atom stereocenters. The molecule has 3 aliphatic rings. The van der Waals surface area contributed by atoms with E-state index in [9.17, 15) is 4.79 Å². The summed E-state index contributed by atoms with van der Waals surface area (Å²) in [4.78, 5) is 21.0. The molecule has 5 nitrogen and oxygen atoms in total. The zero-order valence-electron chi connectivity index (χ0n) is 19.3. The first kappa shape index (κ1) is 21.4. The van der Waals surface area contributed by atoms with E-state index in [4.69, 9.17) is 28.2 Å². The fourth-order valence-corrected chi connectivity index (χ4v) is 7.08. The van der Waals surface area contributed by atoms with Gasteiger partial charge in [-0.1, -0.05) is 53.5 Å². The molecule has 176 valence electrons. The van der Waals surface area contributed by atoms with Crippen LogP contribution in [0.4, 0.5) is 5.82 Å². The van der Waals surface area contributed by atoms with E-state index in [1.54, 1.807) is 28.8 Å². The van der Waals surface area contributed by atoms with Gasteiger partial charge in [0.1, 0.15) is 5.82 Å². The van der Waals surface area contributed by atoms with Gasteiger partial charge in [-0.15, -0.1) is 0 Å². The number of nitrogens with zero attached hydrogens (tertiary/aromatic N) is 3. The fraction of sp³-hybridized carbons (Fsp3) is 0.286. The highest BCUT2D eigenvalue weighted by Crippen LogP contribution is 2.63. The number of rotatable bonds is 4. The minimum Gasteiger partial charge on any atom is -0.365 e. The van der Waals surface area contributed by atoms with E-state index in [0.29, 0.717) is 33.2 Å². The van der Waals surface area contributed by atoms with Crippen LogP contribution in [0.15, 0.2) is 65.5 Å². The third-order valence-electron chi connectivity index (χ3n) is 8.31. The van der Waals surface area contributed by atoms with Crippen molar-refractivity contribution in [2.75, 3.05) is 18.4 Å². The molecule has 3 atom stereocenters. The Morgan fingerprint density at radius 2 is 1.83 bits per heavy atom. The summed E-state index contributed by atoms with van der Waals surface area (Å²) in [5, 5.41) is 5.48. The van der Waals surface area contributed by atoms with Crippen molar-refractivity contribution < 1.29 is 0 Å². The lowest BCUT2D eigenvalue weighted by Gasteiger charge is -2.40. The smallest absolute Gasteiger partial charge is 0.255 e. The Bertz CT molecular complexity index is 1560. The van der Waals surface area contributed by atoms with Crippen molar-refractivity contribution in [2.24, 2.45) is 5.92 Å². The van der Waals surface area contributed by atoms with Gasteiger partial charge in [-0.2, -0.15) is 0 Å². The van der Waals surface area contributed by atoms with Gasteiger partial charge < -0.3 is 5.32 Å². The third kappa shape index (κ3) is 2.98. The predicted octanol–water partition coefficient (Wildman–Crippen LogP) is 5.93. The van der Waals surface area contributed by atoms with E-state index in [-0.39, 0.29) is 5.56 Å². The number of para-hydroxylation sites is 1. The van der Waals surface area contributed by atoms with E-state index >= 15 is 0 Å². The molecule has 0 amide bonds. The first-order valence-corrected chi connectivity index (χ1v) is 12.8. The van der Waals surface area contributed by atoms with Gasteiger partial charge >= 0.3 is 0 Å². The SMILES string of the molecule is Cc1ccccc1-c1nc(NC2C3CCN4CCC324)cc2c1ccc(=O)n2-c1c(Cl)cccc1Cl. The molecular weight excluding hydrogens is 479 g/mol. The highest BCUT2D eigenvalue weighted by molar-refractivity contribution is 6.37. The Labute approximate surface area is 213 Å². The van der Waals surface area contributed by atoms with Gasteiger partial charge in [0.05, 0.1) is 33.0 Å². The van der Waals surface area contributed by atoms with Crippen molar-refractivity contribution in [3.05, 3.63) is 86.6 Å². The maximum atomic E-state index is 13.3.